The van der Waals surface area contributed by atoms with Crippen LogP contribution in [0.4, 0.5) is 0 Å². The Balaban J connectivity index is 1.99. The highest BCUT2D eigenvalue weighted by Crippen LogP contribution is 2.52. The fourth-order valence-electron chi connectivity index (χ4n) is 5.52. The predicted octanol–water partition coefficient (Wildman–Crippen LogP) is 8.92. The fourth-order valence-corrected chi connectivity index (χ4v) is 5.87. The predicted molar refractivity (Wildman–Crippen MR) is 154 cm³/mol. The summed E-state index contributed by atoms with van der Waals surface area (Å²) in [6.45, 7) is 8.43. The van der Waals surface area contributed by atoms with Crippen molar-refractivity contribution in [2.24, 2.45) is 0 Å². The highest BCUT2D eigenvalue weighted by molar-refractivity contribution is 6.31. The maximum atomic E-state index is 12.4. The van der Waals surface area contributed by atoms with Gasteiger partial charge in [-0.25, -0.2) is 9.59 Å². The van der Waals surface area contributed by atoms with Crippen molar-refractivity contribution < 1.29 is 19.8 Å². The number of aromatic carboxylic acids is 2. The molecule has 38 heavy (non-hydrogen) atoms. The summed E-state index contributed by atoms with van der Waals surface area (Å²) >= 11 is 12.9. The van der Waals surface area contributed by atoms with Gasteiger partial charge in [-0.3, -0.25) is 0 Å². The fraction of sp³-hybridized carbons (Fsp3) is 0.188. The van der Waals surface area contributed by atoms with Gasteiger partial charge in [0.2, 0.25) is 0 Å². The van der Waals surface area contributed by atoms with Gasteiger partial charge in [-0.05, 0) is 98.5 Å². The van der Waals surface area contributed by atoms with Crippen molar-refractivity contribution in [1.82, 2.24) is 0 Å². The van der Waals surface area contributed by atoms with E-state index >= 15 is 0 Å². The molecule has 0 saturated carbocycles. The van der Waals surface area contributed by atoms with Gasteiger partial charge in [-0.2, -0.15) is 0 Å². The standard InChI is InChI=1S/C32H26Cl2O4/c1-16-24-13-18(32(2,3)4)12-17-6-5-7-23(28(17)24)29(26-15-20(34)9-11-22(26)31(37)38)27(16)25-14-19(33)8-10-21(25)30(35)36/h5-15,29H,1-4H3,(H,35,36)(H,37,38). The Morgan fingerprint density at radius 1 is 0.763 bits per heavy atom. The summed E-state index contributed by atoms with van der Waals surface area (Å²) in [5.41, 5.74) is 5.61. The zero-order valence-electron chi connectivity index (χ0n) is 21.4. The molecule has 0 aliphatic heterocycles. The van der Waals surface area contributed by atoms with E-state index in [0.29, 0.717) is 26.7 Å². The number of halogens is 2. The van der Waals surface area contributed by atoms with E-state index in [0.717, 1.165) is 33.0 Å². The molecule has 1 atom stereocenters. The molecule has 1 unspecified atom stereocenters. The first-order valence-corrected chi connectivity index (χ1v) is 13.0. The minimum atomic E-state index is -1.09. The second-order valence-electron chi connectivity index (χ2n) is 10.7. The average molecular weight is 545 g/mol. The van der Waals surface area contributed by atoms with E-state index in [-0.39, 0.29) is 16.5 Å². The molecule has 4 aromatic rings. The monoisotopic (exact) mass is 544 g/mol. The van der Waals surface area contributed by atoms with E-state index < -0.39 is 17.9 Å². The van der Waals surface area contributed by atoms with E-state index in [1.807, 2.05) is 19.1 Å². The van der Waals surface area contributed by atoms with E-state index in [1.165, 1.54) is 12.1 Å². The zero-order chi connectivity index (χ0) is 27.5. The number of carboxylic acid groups (broad SMARTS) is 2. The third-order valence-electron chi connectivity index (χ3n) is 7.34. The second-order valence-corrected chi connectivity index (χ2v) is 11.6. The summed E-state index contributed by atoms with van der Waals surface area (Å²) in [6, 6.07) is 19.8. The molecule has 0 amide bonds. The Kier molecular flexibility index (Phi) is 6.37. The molecule has 1 aliphatic rings. The van der Waals surface area contributed by atoms with Crippen LogP contribution in [-0.4, -0.2) is 22.2 Å². The van der Waals surface area contributed by atoms with Crippen LogP contribution < -0.4 is 0 Å². The van der Waals surface area contributed by atoms with Crippen LogP contribution in [0.15, 0.2) is 66.7 Å². The molecule has 1 aliphatic carbocycles. The van der Waals surface area contributed by atoms with Gasteiger partial charge in [0.15, 0.2) is 0 Å². The van der Waals surface area contributed by atoms with Crippen LogP contribution in [0.1, 0.15) is 82.1 Å². The lowest BCUT2D eigenvalue weighted by Gasteiger charge is -2.34. The van der Waals surface area contributed by atoms with Gasteiger partial charge in [0.05, 0.1) is 11.1 Å². The Bertz CT molecular complexity index is 1690. The number of allylic oxidation sites excluding steroid dienone is 2. The summed E-state index contributed by atoms with van der Waals surface area (Å²) < 4.78 is 0. The number of hydrogen-bond acceptors (Lipinski definition) is 2. The molecule has 4 nitrogen and oxygen atoms in total. The minimum absolute atomic E-state index is 0.0928. The molecule has 0 radical (unpaired) electrons. The molecule has 0 fully saturated rings. The molecule has 192 valence electrons. The lowest BCUT2D eigenvalue weighted by molar-refractivity contribution is 0.0684. The van der Waals surface area contributed by atoms with Crippen molar-refractivity contribution in [3.05, 3.63) is 116 Å². The number of hydrogen-bond donors (Lipinski definition) is 2. The van der Waals surface area contributed by atoms with E-state index in [2.05, 4.69) is 39.0 Å². The molecule has 0 spiro atoms. The Morgan fingerprint density at radius 2 is 1.39 bits per heavy atom. The van der Waals surface area contributed by atoms with Gasteiger partial charge in [0.25, 0.3) is 0 Å². The molecule has 0 aromatic heterocycles. The molecule has 2 N–H and O–H groups in total. The van der Waals surface area contributed by atoms with Crippen LogP contribution in [0.2, 0.25) is 10.0 Å². The summed E-state index contributed by atoms with van der Waals surface area (Å²) in [7, 11) is 0. The number of carbonyl (C=O) groups is 2. The van der Waals surface area contributed by atoms with Crippen LogP contribution >= 0.6 is 23.2 Å². The highest BCUT2D eigenvalue weighted by Gasteiger charge is 2.35. The topological polar surface area (TPSA) is 74.6 Å². The van der Waals surface area contributed by atoms with Gasteiger partial charge in [0.1, 0.15) is 0 Å². The SMILES string of the molecule is CC1=C(c2cc(Cl)ccc2C(=O)O)C(c2cc(Cl)ccc2C(=O)O)c2cccc3cc(C(C)(C)C)cc1c23. The molecule has 5 rings (SSSR count). The summed E-state index contributed by atoms with van der Waals surface area (Å²) in [6.07, 6.45) is 0. The van der Waals surface area contributed by atoms with E-state index in [4.69, 9.17) is 23.2 Å². The van der Waals surface area contributed by atoms with Crippen molar-refractivity contribution in [1.29, 1.82) is 0 Å². The van der Waals surface area contributed by atoms with Crippen LogP contribution in [0.5, 0.6) is 0 Å². The zero-order valence-corrected chi connectivity index (χ0v) is 22.9. The summed E-state index contributed by atoms with van der Waals surface area (Å²) in [4.78, 5) is 24.8. The number of rotatable bonds is 4. The highest BCUT2D eigenvalue weighted by atomic mass is 35.5. The lowest BCUT2D eigenvalue weighted by Crippen LogP contribution is -2.18. The third kappa shape index (κ3) is 4.28. The first-order valence-electron chi connectivity index (χ1n) is 12.2. The first-order chi connectivity index (χ1) is 17.9. The molecular formula is C32H26Cl2O4. The van der Waals surface area contributed by atoms with Gasteiger partial charge in [-0.1, -0.05) is 74.3 Å². The van der Waals surface area contributed by atoms with Gasteiger partial charge < -0.3 is 10.2 Å². The van der Waals surface area contributed by atoms with Gasteiger partial charge in [0, 0.05) is 16.0 Å². The molecule has 0 heterocycles. The van der Waals surface area contributed by atoms with Crippen molar-refractivity contribution in [3.8, 4) is 0 Å². The van der Waals surface area contributed by atoms with Crippen LogP contribution in [0, 0.1) is 0 Å². The quantitative estimate of drug-likeness (QED) is 0.269. The van der Waals surface area contributed by atoms with Crippen molar-refractivity contribution in [3.63, 3.8) is 0 Å². The maximum Gasteiger partial charge on any atom is 0.336 e. The number of benzene rings is 4. The largest absolute Gasteiger partial charge is 0.478 e. The Hall–Kier alpha value is -3.60. The molecule has 0 saturated heterocycles. The van der Waals surface area contributed by atoms with Crippen molar-refractivity contribution in [2.75, 3.05) is 0 Å². The summed E-state index contributed by atoms with van der Waals surface area (Å²) in [5.74, 6) is -2.76. The Labute approximate surface area is 231 Å². The molecule has 4 aromatic carbocycles. The maximum absolute atomic E-state index is 12.4. The summed E-state index contributed by atoms with van der Waals surface area (Å²) in [5, 5.41) is 23.1. The number of carboxylic acids is 2. The van der Waals surface area contributed by atoms with Crippen molar-refractivity contribution in [2.45, 2.75) is 39.0 Å². The molecule has 6 heteroatoms. The smallest absolute Gasteiger partial charge is 0.336 e. The van der Waals surface area contributed by atoms with Crippen LogP contribution in [0.3, 0.4) is 0 Å². The second kappa shape index (κ2) is 9.30. The van der Waals surface area contributed by atoms with Crippen LogP contribution in [-0.2, 0) is 5.41 Å². The normalized spacial score (nSPS) is 15.2. The van der Waals surface area contributed by atoms with E-state index in [1.54, 1.807) is 24.3 Å². The Morgan fingerprint density at radius 3 is 2.03 bits per heavy atom. The van der Waals surface area contributed by atoms with Crippen molar-refractivity contribution >= 4 is 57.1 Å². The van der Waals surface area contributed by atoms with Gasteiger partial charge in [-0.15, -0.1) is 0 Å². The van der Waals surface area contributed by atoms with Crippen LogP contribution in [0.25, 0.3) is 21.9 Å². The lowest BCUT2D eigenvalue weighted by atomic mass is 9.69. The molecule has 0 bridgehead atoms. The van der Waals surface area contributed by atoms with Gasteiger partial charge >= 0.3 is 11.9 Å². The third-order valence-corrected chi connectivity index (χ3v) is 7.81. The minimum Gasteiger partial charge on any atom is -0.478 e. The van der Waals surface area contributed by atoms with E-state index in [9.17, 15) is 19.8 Å². The molecular weight excluding hydrogens is 519 g/mol. The first kappa shape index (κ1) is 26.0. The average Bonchev–Trinajstić information content (AvgIpc) is 2.84.